The van der Waals surface area contributed by atoms with Crippen LogP contribution in [0.1, 0.15) is 24.4 Å². The van der Waals surface area contributed by atoms with Crippen molar-refractivity contribution in [3.8, 4) is 0 Å². The van der Waals surface area contributed by atoms with Crippen molar-refractivity contribution < 1.29 is 13.2 Å². The number of nitrogens with one attached hydrogen (secondary N) is 1. The standard InChI is InChI=1S/C20H20F3N5O/c1-13(18-25-16-5-3-2-4-15(16)19(29)26-18)27-8-10-28(11-9-27)17-7-6-14(12-24-17)20(21,22)23/h2-7,12-13H,8-11H2,1H3,(H,25,26,29). The molecule has 0 aliphatic carbocycles. The van der Waals surface area contributed by atoms with Gasteiger partial charge in [-0.1, -0.05) is 12.1 Å². The number of nitrogens with zero attached hydrogens (tertiary/aromatic N) is 4. The topological polar surface area (TPSA) is 65.1 Å². The van der Waals surface area contributed by atoms with Gasteiger partial charge in [0.25, 0.3) is 5.56 Å². The van der Waals surface area contributed by atoms with E-state index in [0.29, 0.717) is 48.7 Å². The summed E-state index contributed by atoms with van der Waals surface area (Å²) in [5.74, 6) is 1.14. The Hall–Kier alpha value is -2.94. The third-order valence-electron chi connectivity index (χ3n) is 5.29. The summed E-state index contributed by atoms with van der Waals surface area (Å²) in [5.41, 5.74) is -0.254. The molecule has 0 spiro atoms. The first kappa shape index (κ1) is 19.4. The van der Waals surface area contributed by atoms with E-state index < -0.39 is 11.7 Å². The number of para-hydroxylation sites is 1. The first-order valence-corrected chi connectivity index (χ1v) is 9.34. The Balaban J connectivity index is 1.45. The van der Waals surface area contributed by atoms with Crippen molar-refractivity contribution in [3.63, 3.8) is 0 Å². The summed E-state index contributed by atoms with van der Waals surface area (Å²) in [7, 11) is 0. The average Bonchev–Trinajstić information content (AvgIpc) is 2.73. The quantitative estimate of drug-likeness (QED) is 0.728. The van der Waals surface area contributed by atoms with E-state index in [9.17, 15) is 18.0 Å². The average molecular weight is 403 g/mol. The van der Waals surface area contributed by atoms with Crippen LogP contribution in [0, 0.1) is 0 Å². The Morgan fingerprint density at radius 2 is 1.79 bits per heavy atom. The monoisotopic (exact) mass is 403 g/mol. The lowest BCUT2D eigenvalue weighted by atomic mass is 10.2. The van der Waals surface area contributed by atoms with E-state index in [1.165, 1.54) is 6.07 Å². The number of alkyl halides is 3. The van der Waals surface area contributed by atoms with Crippen LogP contribution >= 0.6 is 0 Å². The minimum atomic E-state index is -4.39. The maximum absolute atomic E-state index is 12.7. The second-order valence-corrected chi connectivity index (χ2v) is 7.07. The smallest absolute Gasteiger partial charge is 0.354 e. The van der Waals surface area contributed by atoms with Gasteiger partial charge in [0, 0.05) is 32.4 Å². The van der Waals surface area contributed by atoms with Crippen molar-refractivity contribution >= 4 is 16.7 Å². The van der Waals surface area contributed by atoms with Gasteiger partial charge in [-0.15, -0.1) is 0 Å². The summed E-state index contributed by atoms with van der Waals surface area (Å²) in [5, 5.41) is 0.557. The van der Waals surface area contributed by atoms with Gasteiger partial charge in [0.1, 0.15) is 11.6 Å². The molecule has 29 heavy (non-hydrogen) atoms. The normalized spacial score (nSPS) is 16.9. The molecular formula is C20H20F3N5O. The molecule has 0 bridgehead atoms. The van der Waals surface area contributed by atoms with Gasteiger partial charge in [0.05, 0.1) is 22.5 Å². The van der Waals surface area contributed by atoms with Crippen LogP contribution in [0.5, 0.6) is 0 Å². The Morgan fingerprint density at radius 3 is 2.45 bits per heavy atom. The summed E-state index contributed by atoms with van der Waals surface area (Å²) in [4.78, 5) is 27.9. The number of anilines is 1. The molecule has 1 fully saturated rings. The summed E-state index contributed by atoms with van der Waals surface area (Å²) in [6.45, 7) is 4.60. The van der Waals surface area contributed by atoms with E-state index >= 15 is 0 Å². The Bertz CT molecular complexity index is 1060. The number of pyridine rings is 1. The molecule has 4 rings (SSSR count). The van der Waals surface area contributed by atoms with Crippen LogP contribution < -0.4 is 10.5 Å². The largest absolute Gasteiger partial charge is 0.417 e. The summed E-state index contributed by atoms with van der Waals surface area (Å²) < 4.78 is 38.1. The van der Waals surface area contributed by atoms with E-state index in [2.05, 4.69) is 19.9 Å². The van der Waals surface area contributed by atoms with Crippen LogP contribution in [-0.2, 0) is 6.18 Å². The van der Waals surface area contributed by atoms with Crippen LogP contribution in [0.3, 0.4) is 0 Å². The number of fused-ring (bicyclic) bond motifs is 1. The minimum Gasteiger partial charge on any atom is -0.354 e. The molecule has 6 nitrogen and oxygen atoms in total. The first-order chi connectivity index (χ1) is 13.8. The van der Waals surface area contributed by atoms with Gasteiger partial charge in [0.2, 0.25) is 0 Å². The van der Waals surface area contributed by atoms with Gasteiger partial charge in [-0.05, 0) is 31.2 Å². The minimum absolute atomic E-state index is 0.0879. The zero-order valence-corrected chi connectivity index (χ0v) is 15.8. The van der Waals surface area contributed by atoms with Crippen LogP contribution in [-0.4, -0.2) is 46.0 Å². The van der Waals surface area contributed by atoms with Crippen LogP contribution in [0.2, 0.25) is 0 Å². The maximum Gasteiger partial charge on any atom is 0.417 e. The Labute approximate surface area is 165 Å². The highest BCUT2D eigenvalue weighted by Gasteiger charge is 2.31. The molecule has 0 saturated carbocycles. The molecule has 1 aliphatic heterocycles. The Morgan fingerprint density at radius 1 is 1.07 bits per heavy atom. The fourth-order valence-corrected chi connectivity index (χ4v) is 3.55. The SMILES string of the molecule is CC(c1nc2ccccc2c(=O)[nH]1)N1CCN(c2ccc(C(F)(F)F)cn2)CC1. The van der Waals surface area contributed by atoms with Crippen molar-refractivity contribution in [1.29, 1.82) is 0 Å². The number of piperazine rings is 1. The van der Waals surface area contributed by atoms with Gasteiger partial charge in [-0.2, -0.15) is 13.2 Å². The third kappa shape index (κ3) is 3.95. The summed E-state index contributed by atoms with van der Waals surface area (Å²) in [6, 6.07) is 9.58. The molecule has 9 heteroatoms. The van der Waals surface area contributed by atoms with E-state index in [0.717, 1.165) is 12.3 Å². The number of benzene rings is 1. The number of hydrogen-bond acceptors (Lipinski definition) is 5. The summed E-state index contributed by atoms with van der Waals surface area (Å²) >= 11 is 0. The Kier molecular flexibility index (Phi) is 4.99. The third-order valence-corrected chi connectivity index (χ3v) is 5.29. The molecule has 1 aliphatic rings. The van der Waals surface area contributed by atoms with Gasteiger partial charge < -0.3 is 9.88 Å². The number of rotatable bonds is 3. The molecule has 1 atom stereocenters. The van der Waals surface area contributed by atoms with Gasteiger partial charge in [0.15, 0.2) is 0 Å². The molecule has 1 aromatic carbocycles. The second kappa shape index (κ2) is 7.47. The molecule has 0 amide bonds. The van der Waals surface area contributed by atoms with Gasteiger partial charge in [-0.3, -0.25) is 9.69 Å². The number of aromatic nitrogens is 3. The highest BCUT2D eigenvalue weighted by Crippen LogP contribution is 2.29. The van der Waals surface area contributed by atoms with Crippen molar-refractivity contribution in [3.05, 3.63) is 64.3 Å². The van der Waals surface area contributed by atoms with Crippen molar-refractivity contribution in [2.45, 2.75) is 19.1 Å². The lowest BCUT2D eigenvalue weighted by Crippen LogP contribution is -2.47. The number of H-pyrrole nitrogens is 1. The van der Waals surface area contributed by atoms with Crippen molar-refractivity contribution in [1.82, 2.24) is 19.9 Å². The fourth-order valence-electron chi connectivity index (χ4n) is 3.55. The maximum atomic E-state index is 12.7. The molecule has 2 aromatic heterocycles. The van der Waals surface area contributed by atoms with E-state index in [-0.39, 0.29) is 11.6 Å². The predicted molar refractivity (Wildman–Crippen MR) is 104 cm³/mol. The molecule has 3 heterocycles. The summed E-state index contributed by atoms with van der Waals surface area (Å²) in [6.07, 6.45) is -3.52. The van der Waals surface area contributed by atoms with E-state index in [4.69, 9.17) is 0 Å². The van der Waals surface area contributed by atoms with Gasteiger partial charge in [-0.25, -0.2) is 9.97 Å². The van der Waals surface area contributed by atoms with E-state index in [1.54, 1.807) is 12.1 Å². The van der Waals surface area contributed by atoms with Crippen molar-refractivity contribution in [2.75, 3.05) is 31.1 Å². The van der Waals surface area contributed by atoms with Gasteiger partial charge >= 0.3 is 6.18 Å². The highest BCUT2D eigenvalue weighted by molar-refractivity contribution is 5.77. The molecule has 3 aromatic rings. The predicted octanol–water partition coefficient (Wildman–Crippen LogP) is 3.22. The van der Waals surface area contributed by atoms with Crippen LogP contribution in [0.25, 0.3) is 10.9 Å². The molecule has 1 unspecified atom stereocenters. The number of hydrogen-bond donors (Lipinski definition) is 1. The molecule has 0 radical (unpaired) electrons. The zero-order chi connectivity index (χ0) is 20.6. The van der Waals surface area contributed by atoms with Crippen molar-refractivity contribution in [2.24, 2.45) is 0 Å². The van der Waals surface area contributed by atoms with Crippen LogP contribution in [0.15, 0.2) is 47.4 Å². The molecule has 152 valence electrons. The lowest BCUT2D eigenvalue weighted by molar-refractivity contribution is -0.137. The molecule has 1 N–H and O–H groups in total. The fraction of sp³-hybridized carbons (Fsp3) is 0.350. The number of halogens is 3. The lowest BCUT2D eigenvalue weighted by Gasteiger charge is -2.38. The molecular weight excluding hydrogens is 383 g/mol. The second-order valence-electron chi connectivity index (χ2n) is 7.07. The van der Waals surface area contributed by atoms with Crippen LogP contribution in [0.4, 0.5) is 19.0 Å². The van der Waals surface area contributed by atoms with E-state index in [1.807, 2.05) is 24.0 Å². The first-order valence-electron chi connectivity index (χ1n) is 9.34. The molecule has 1 saturated heterocycles. The zero-order valence-electron chi connectivity index (χ0n) is 15.8. The highest BCUT2D eigenvalue weighted by atomic mass is 19.4. The number of aromatic amines is 1.